The fraction of sp³-hybridized carbons (Fsp3) is 0.875. The number of rotatable bonds is 2. The van der Waals surface area contributed by atoms with Gasteiger partial charge in [-0.1, -0.05) is 54.0 Å². The molecule has 0 radical (unpaired) electrons. The summed E-state index contributed by atoms with van der Waals surface area (Å²) in [7, 11) is 0. The van der Waals surface area contributed by atoms with Crippen molar-refractivity contribution in [2.45, 2.75) is 125 Å². The van der Waals surface area contributed by atoms with Crippen molar-refractivity contribution < 1.29 is 40.8 Å². The quantitative estimate of drug-likeness (QED) is 0.192. The van der Waals surface area contributed by atoms with Crippen LogP contribution in [0, 0.1) is 50.2 Å². The Hall–Kier alpha value is -1.62. The van der Waals surface area contributed by atoms with E-state index >= 15 is 0 Å². The first-order valence-corrected chi connectivity index (χ1v) is 15.5. The molecule has 4 saturated carbocycles. The third kappa shape index (κ3) is 4.63. The van der Waals surface area contributed by atoms with Crippen molar-refractivity contribution in [1.82, 2.24) is 5.06 Å². The van der Waals surface area contributed by atoms with E-state index in [0.29, 0.717) is 6.42 Å². The number of ketones is 1. The molecule has 5 nitrogen and oxygen atoms in total. The minimum absolute atomic E-state index is 0.0143. The second-order valence-electron chi connectivity index (χ2n) is 16.3. The molecule has 0 aromatic carbocycles. The zero-order chi connectivity index (χ0) is 32.4. The number of allylic oxidation sites excluding steroid dienone is 2. The van der Waals surface area contributed by atoms with Gasteiger partial charge in [-0.25, -0.2) is 0 Å². The maximum atomic E-state index is 14.4. The van der Waals surface area contributed by atoms with Crippen molar-refractivity contribution in [3.8, 4) is 0 Å². The molecule has 0 aromatic heterocycles. The van der Waals surface area contributed by atoms with E-state index in [2.05, 4.69) is 39.5 Å². The Morgan fingerprint density at radius 3 is 2.09 bits per heavy atom. The van der Waals surface area contributed by atoms with Gasteiger partial charge in [-0.05, 0) is 103 Å². The molecule has 0 bridgehead atoms. The van der Waals surface area contributed by atoms with E-state index in [1.54, 1.807) is 6.08 Å². The first kappa shape index (κ1) is 32.8. The maximum absolute atomic E-state index is 14.4. The van der Waals surface area contributed by atoms with E-state index in [0.717, 1.165) is 44.1 Å². The number of fused-ring (bicyclic) bond motifs is 7. The number of carbonyl (C=O) groups excluding carboxylic acids is 2. The summed E-state index contributed by atoms with van der Waals surface area (Å²) >= 11 is 0. The molecule has 4 fully saturated rings. The van der Waals surface area contributed by atoms with E-state index in [1.807, 2.05) is 6.92 Å². The standard InChI is InChI=1S/C32H46F6N2O3/c1-25(2)21-8-11-30(7)23(28(21,5)10-9-22(25)39)20(41)16-18-19-17-27(4,13-12-26(19,3)14-15-29(18,30)6)24(42)40(31(33,34)35)43-32(36,37)38/h16,19,21-23H,8-15,17,39H2,1-7H3/t19-,21?,22-,23+,26+,27-,28-,29+,30+/m0/s1. The molecule has 0 saturated heterocycles. The lowest BCUT2D eigenvalue weighted by Crippen LogP contribution is -2.67. The summed E-state index contributed by atoms with van der Waals surface area (Å²) < 4.78 is 80.1. The van der Waals surface area contributed by atoms with Crippen molar-refractivity contribution in [3.05, 3.63) is 11.6 Å². The highest BCUT2D eigenvalue weighted by atomic mass is 19.4. The lowest BCUT2D eigenvalue weighted by molar-refractivity contribution is -0.468. The van der Waals surface area contributed by atoms with Crippen LogP contribution >= 0.6 is 0 Å². The Labute approximate surface area is 250 Å². The predicted molar refractivity (Wildman–Crippen MR) is 147 cm³/mol. The van der Waals surface area contributed by atoms with Crippen LogP contribution in [-0.4, -0.2) is 35.5 Å². The van der Waals surface area contributed by atoms with E-state index in [-0.39, 0.29) is 47.3 Å². The zero-order valence-electron chi connectivity index (χ0n) is 26.3. The molecule has 2 N–H and O–H groups in total. The number of halogens is 6. The molecule has 0 aliphatic heterocycles. The van der Waals surface area contributed by atoms with Crippen LogP contribution in [0.4, 0.5) is 26.3 Å². The molecule has 1 amide bonds. The Bertz CT molecular complexity index is 1230. The molecule has 1 unspecified atom stereocenters. The number of amides is 1. The van der Waals surface area contributed by atoms with Gasteiger partial charge >= 0.3 is 12.7 Å². The first-order valence-electron chi connectivity index (χ1n) is 15.5. The van der Waals surface area contributed by atoms with Crippen LogP contribution in [0.2, 0.25) is 0 Å². The minimum Gasteiger partial charge on any atom is -0.327 e. The maximum Gasteiger partial charge on any atom is 0.544 e. The van der Waals surface area contributed by atoms with Crippen molar-refractivity contribution in [1.29, 1.82) is 0 Å². The highest BCUT2D eigenvalue weighted by molar-refractivity contribution is 5.95. The molecule has 43 heavy (non-hydrogen) atoms. The summed E-state index contributed by atoms with van der Waals surface area (Å²) in [4.78, 5) is 30.9. The molecule has 5 aliphatic rings. The number of hydrogen-bond acceptors (Lipinski definition) is 4. The average Bonchev–Trinajstić information content (AvgIpc) is 2.86. The number of nitrogens with two attached hydrogens (primary N) is 1. The van der Waals surface area contributed by atoms with Crippen LogP contribution in [0.5, 0.6) is 0 Å². The van der Waals surface area contributed by atoms with Gasteiger partial charge in [0.25, 0.3) is 5.91 Å². The van der Waals surface area contributed by atoms with Gasteiger partial charge in [0.15, 0.2) is 5.78 Å². The lowest BCUT2D eigenvalue weighted by atomic mass is 9.33. The first-order chi connectivity index (χ1) is 19.4. The molecule has 9 atom stereocenters. The summed E-state index contributed by atoms with van der Waals surface area (Å²) in [5.74, 6) is -2.16. The van der Waals surface area contributed by atoms with Gasteiger partial charge < -0.3 is 5.73 Å². The number of nitrogens with zero attached hydrogens (tertiary/aromatic N) is 1. The summed E-state index contributed by atoms with van der Waals surface area (Å²) in [6, 6.07) is 0.0424. The lowest BCUT2D eigenvalue weighted by Gasteiger charge is -2.70. The van der Waals surface area contributed by atoms with Crippen LogP contribution < -0.4 is 5.73 Å². The zero-order valence-corrected chi connectivity index (χ0v) is 26.3. The summed E-state index contributed by atoms with van der Waals surface area (Å²) in [5.41, 5.74) is 4.00. The predicted octanol–water partition coefficient (Wildman–Crippen LogP) is 8.09. The monoisotopic (exact) mass is 620 g/mol. The van der Waals surface area contributed by atoms with Gasteiger partial charge in [-0.2, -0.15) is 4.84 Å². The van der Waals surface area contributed by atoms with Gasteiger partial charge in [0.1, 0.15) is 0 Å². The molecule has 5 aliphatic carbocycles. The Morgan fingerprint density at radius 1 is 0.907 bits per heavy atom. The van der Waals surface area contributed by atoms with Crippen molar-refractivity contribution in [2.75, 3.05) is 0 Å². The SMILES string of the molecule is CC1(C)C2CC[C@]3(C)[C@H](C(=O)C=C4[C@@H]5C[C@@](C)(C(=O)N(OC(F)(F)F)C(F)(F)F)CC[C@]5(C)CC[C@]43C)[C@@]2(C)CC[C@@H]1N. The molecule has 0 heterocycles. The summed E-state index contributed by atoms with van der Waals surface area (Å²) in [5, 5.41) is -1.45. The number of hydrogen-bond donors (Lipinski definition) is 1. The van der Waals surface area contributed by atoms with Crippen molar-refractivity contribution >= 4 is 11.7 Å². The fourth-order valence-electron chi connectivity index (χ4n) is 11.0. The topological polar surface area (TPSA) is 72.6 Å². The highest BCUT2D eigenvalue weighted by Gasteiger charge is 2.70. The third-order valence-electron chi connectivity index (χ3n) is 13.8. The largest absolute Gasteiger partial charge is 0.544 e. The second kappa shape index (κ2) is 9.46. The summed E-state index contributed by atoms with van der Waals surface area (Å²) in [6.07, 6.45) is -4.46. The fourth-order valence-corrected chi connectivity index (χ4v) is 11.0. The smallest absolute Gasteiger partial charge is 0.327 e. The molecule has 11 heteroatoms. The van der Waals surface area contributed by atoms with E-state index in [9.17, 15) is 35.9 Å². The number of carbonyl (C=O) groups is 2. The van der Waals surface area contributed by atoms with Crippen LogP contribution in [-0.2, 0) is 14.4 Å². The highest BCUT2D eigenvalue weighted by Crippen LogP contribution is 2.75. The van der Waals surface area contributed by atoms with Gasteiger partial charge in [0, 0.05) is 17.4 Å². The Kier molecular flexibility index (Phi) is 7.20. The molecule has 244 valence electrons. The number of hydroxylamine groups is 2. The second-order valence-corrected chi connectivity index (χ2v) is 16.3. The van der Waals surface area contributed by atoms with Gasteiger partial charge in [-0.15, -0.1) is 31.4 Å². The number of alkyl halides is 6. The van der Waals surface area contributed by atoms with E-state index in [1.165, 1.54) is 6.92 Å². The average molecular weight is 621 g/mol. The molecular weight excluding hydrogens is 574 g/mol. The Balaban J connectivity index is 1.55. The minimum atomic E-state index is -5.69. The summed E-state index contributed by atoms with van der Waals surface area (Å²) in [6.45, 7) is 14.4. The van der Waals surface area contributed by atoms with Crippen LogP contribution in [0.1, 0.15) is 106 Å². The molecule has 0 aromatic rings. The van der Waals surface area contributed by atoms with Gasteiger partial charge in [0.05, 0.1) is 0 Å². The van der Waals surface area contributed by atoms with Crippen molar-refractivity contribution in [3.63, 3.8) is 0 Å². The van der Waals surface area contributed by atoms with Gasteiger partial charge in [0.2, 0.25) is 0 Å². The van der Waals surface area contributed by atoms with Crippen molar-refractivity contribution in [2.24, 2.45) is 56.0 Å². The Morgan fingerprint density at radius 2 is 1.51 bits per heavy atom. The van der Waals surface area contributed by atoms with E-state index in [4.69, 9.17) is 5.73 Å². The third-order valence-corrected chi connectivity index (χ3v) is 13.8. The van der Waals surface area contributed by atoms with Crippen LogP contribution in [0.15, 0.2) is 11.6 Å². The normalized spacial score (nSPS) is 46.1. The molecular formula is C32H46F6N2O3. The molecule has 0 spiro atoms. The van der Waals surface area contributed by atoms with Crippen LogP contribution in [0.25, 0.3) is 0 Å². The van der Waals surface area contributed by atoms with Gasteiger partial charge in [-0.3, -0.25) is 9.59 Å². The van der Waals surface area contributed by atoms with E-state index < -0.39 is 51.2 Å². The van der Waals surface area contributed by atoms with Crippen LogP contribution in [0.3, 0.4) is 0 Å². The molecule has 5 rings (SSSR count).